The van der Waals surface area contributed by atoms with Gasteiger partial charge in [-0.15, -0.1) is 5.10 Å². The van der Waals surface area contributed by atoms with E-state index in [1.54, 1.807) is 16.6 Å². The van der Waals surface area contributed by atoms with Gasteiger partial charge in [-0.2, -0.15) is 4.98 Å². The number of fused-ring (bicyclic) bond motifs is 1. The fraction of sp³-hybridized carbons (Fsp3) is 0.158. The van der Waals surface area contributed by atoms with Gasteiger partial charge in [0.15, 0.2) is 5.82 Å². The molecule has 0 saturated heterocycles. The lowest BCUT2D eigenvalue weighted by Crippen LogP contribution is -2.27. The summed E-state index contributed by atoms with van der Waals surface area (Å²) < 4.78 is 68.6. The largest absolute Gasteiger partial charge is 0.243 e. The van der Waals surface area contributed by atoms with E-state index in [4.69, 9.17) is 0 Å². The van der Waals surface area contributed by atoms with Crippen LogP contribution in [0.25, 0.3) is 16.3 Å². The summed E-state index contributed by atoms with van der Waals surface area (Å²) in [4.78, 5) is 5.16. The van der Waals surface area contributed by atoms with Crippen molar-refractivity contribution >= 4 is 26.3 Å². The van der Waals surface area contributed by atoms with Crippen LogP contribution in [0.2, 0.25) is 0 Å². The van der Waals surface area contributed by atoms with Crippen LogP contribution in [0, 0.1) is 24.4 Å². The first-order valence-corrected chi connectivity index (χ1v) is 11.1. The number of aryl methyl sites for hydroxylation is 1. The van der Waals surface area contributed by atoms with Crippen molar-refractivity contribution in [2.45, 2.75) is 18.2 Å². The first-order chi connectivity index (χ1) is 14.2. The summed E-state index contributed by atoms with van der Waals surface area (Å²) in [6.07, 6.45) is 0.323. The van der Waals surface area contributed by atoms with Gasteiger partial charge in [-0.1, -0.05) is 11.3 Å². The van der Waals surface area contributed by atoms with Crippen molar-refractivity contribution in [2.24, 2.45) is 0 Å². The van der Waals surface area contributed by atoms with Gasteiger partial charge in [0.1, 0.15) is 22.3 Å². The van der Waals surface area contributed by atoms with Crippen LogP contribution in [0.4, 0.5) is 13.2 Å². The minimum Gasteiger partial charge on any atom is -0.211 e. The van der Waals surface area contributed by atoms with Crippen LogP contribution in [0.1, 0.15) is 10.6 Å². The molecule has 156 valence electrons. The molecule has 0 saturated carbocycles. The number of nitrogens with one attached hydrogen (secondary N) is 1. The summed E-state index contributed by atoms with van der Waals surface area (Å²) in [5, 5.41) is 4.42. The van der Waals surface area contributed by atoms with Crippen molar-refractivity contribution < 1.29 is 21.6 Å². The molecule has 0 fully saturated rings. The predicted molar refractivity (Wildman–Crippen MR) is 106 cm³/mol. The Morgan fingerprint density at radius 3 is 2.47 bits per heavy atom. The molecule has 0 aliphatic carbocycles. The Morgan fingerprint density at radius 2 is 1.77 bits per heavy atom. The quantitative estimate of drug-likeness (QED) is 0.484. The predicted octanol–water partition coefficient (Wildman–Crippen LogP) is 3.70. The molecule has 0 aliphatic rings. The molecule has 0 aliphatic heterocycles. The summed E-state index contributed by atoms with van der Waals surface area (Å²) in [6.45, 7) is 1.82. The number of halogens is 3. The van der Waals surface area contributed by atoms with Crippen LogP contribution in [0.15, 0.2) is 47.4 Å². The van der Waals surface area contributed by atoms with E-state index in [1.165, 1.54) is 23.5 Å². The van der Waals surface area contributed by atoms with Gasteiger partial charge in [-0.05, 0) is 55.8 Å². The van der Waals surface area contributed by atoms with E-state index in [9.17, 15) is 21.6 Å². The molecule has 4 aromatic rings. The standard InChI is InChI=1S/C19H15F3N4O2S2/c1-11-16(8-9-23-30(27,28)17-10-14(21)6-7-15(17)22)29-19-24-18(25-26(11)19)12-2-4-13(20)5-3-12/h2-7,10,23H,8-9H2,1H3. The molecule has 0 spiro atoms. The first-order valence-electron chi connectivity index (χ1n) is 8.80. The van der Waals surface area contributed by atoms with Crippen molar-refractivity contribution in [3.63, 3.8) is 0 Å². The fourth-order valence-electron chi connectivity index (χ4n) is 2.90. The number of rotatable bonds is 6. The van der Waals surface area contributed by atoms with Crippen LogP contribution in [0.5, 0.6) is 0 Å². The van der Waals surface area contributed by atoms with E-state index in [-0.39, 0.29) is 12.4 Å². The number of nitrogens with zero attached hydrogens (tertiary/aromatic N) is 3. The van der Waals surface area contributed by atoms with E-state index in [0.29, 0.717) is 28.8 Å². The van der Waals surface area contributed by atoms with Gasteiger partial charge >= 0.3 is 0 Å². The Kier molecular flexibility index (Phi) is 5.35. The third-order valence-corrected chi connectivity index (χ3v) is 7.11. The number of benzene rings is 2. The van der Waals surface area contributed by atoms with Crippen molar-refractivity contribution in [1.82, 2.24) is 19.3 Å². The van der Waals surface area contributed by atoms with Gasteiger partial charge in [0.05, 0.1) is 5.69 Å². The highest BCUT2D eigenvalue weighted by Gasteiger charge is 2.20. The van der Waals surface area contributed by atoms with E-state index in [2.05, 4.69) is 14.8 Å². The van der Waals surface area contributed by atoms with Crippen LogP contribution in [-0.4, -0.2) is 29.6 Å². The van der Waals surface area contributed by atoms with Gasteiger partial charge in [0.2, 0.25) is 15.0 Å². The molecule has 4 rings (SSSR count). The molecule has 2 aromatic carbocycles. The SMILES string of the molecule is Cc1c(CCNS(=O)(=O)c2cc(F)ccc2F)sc2nc(-c3ccc(F)cc3)nn12. The lowest BCUT2D eigenvalue weighted by atomic mass is 10.2. The minimum atomic E-state index is -4.19. The Labute approximate surface area is 174 Å². The first kappa shape index (κ1) is 20.5. The molecular weight excluding hydrogens is 437 g/mol. The topological polar surface area (TPSA) is 76.4 Å². The lowest BCUT2D eigenvalue weighted by molar-refractivity contribution is 0.546. The number of hydrogen-bond donors (Lipinski definition) is 1. The van der Waals surface area contributed by atoms with Crippen LogP contribution in [0.3, 0.4) is 0 Å². The molecule has 2 heterocycles. The summed E-state index contributed by atoms with van der Waals surface area (Å²) in [7, 11) is -4.19. The highest BCUT2D eigenvalue weighted by Crippen LogP contribution is 2.25. The number of sulfonamides is 1. The number of aromatic nitrogens is 3. The molecule has 0 atom stereocenters. The Morgan fingerprint density at radius 1 is 1.07 bits per heavy atom. The van der Waals surface area contributed by atoms with Gasteiger partial charge in [0.25, 0.3) is 0 Å². The fourth-order valence-corrected chi connectivity index (χ4v) is 5.07. The smallest absolute Gasteiger partial charge is 0.211 e. The Hall–Kier alpha value is -2.76. The highest BCUT2D eigenvalue weighted by molar-refractivity contribution is 7.89. The van der Waals surface area contributed by atoms with Crippen LogP contribution < -0.4 is 4.72 Å². The van der Waals surface area contributed by atoms with Gasteiger partial charge in [-0.25, -0.2) is 30.8 Å². The summed E-state index contributed by atoms with van der Waals surface area (Å²) in [5.41, 5.74) is 1.46. The van der Waals surface area contributed by atoms with Gasteiger partial charge in [0, 0.05) is 17.0 Å². The van der Waals surface area contributed by atoms with Crippen molar-refractivity contribution in [3.05, 3.63) is 70.5 Å². The maximum Gasteiger partial charge on any atom is 0.243 e. The van der Waals surface area contributed by atoms with Crippen LogP contribution >= 0.6 is 11.3 Å². The molecule has 0 radical (unpaired) electrons. The molecule has 0 amide bonds. The van der Waals surface area contributed by atoms with E-state index in [0.717, 1.165) is 22.7 Å². The van der Waals surface area contributed by atoms with Gasteiger partial charge in [-0.3, -0.25) is 0 Å². The maximum absolute atomic E-state index is 13.8. The molecule has 0 bridgehead atoms. The van der Waals surface area contributed by atoms with E-state index >= 15 is 0 Å². The third kappa shape index (κ3) is 3.95. The second kappa shape index (κ2) is 7.82. The van der Waals surface area contributed by atoms with E-state index < -0.39 is 26.6 Å². The van der Waals surface area contributed by atoms with Crippen molar-refractivity contribution in [1.29, 1.82) is 0 Å². The zero-order chi connectivity index (χ0) is 21.5. The second-order valence-corrected chi connectivity index (χ2v) is 9.27. The maximum atomic E-state index is 13.8. The molecule has 6 nitrogen and oxygen atoms in total. The number of thiazole rings is 1. The monoisotopic (exact) mass is 452 g/mol. The minimum absolute atomic E-state index is 0.00634. The summed E-state index contributed by atoms with van der Waals surface area (Å²) >= 11 is 1.34. The van der Waals surface area contributed by atoms with Gasteiger partial charge < -0.3 is 0 Å². The molecule has 30 heavy (non-hydrogen) atoms. The molecular formula is C19H15F3N4O2S2. The zero-order valence-electron chi connectivity index (χ0n) is 15.6. The summed E-state index contributed by atoms with van der Waals surface area (Å²) in [5.74, 6) is -1.75. The number of hydrogen-bond acceptors (Lipinski definition) is 5. The zero-order valence-corrected chi connectivity index (χ0v) is 17.2. The normalized spacial score (nSPS) is 12.0. The molecule has 1 N–H and O–H groups in total. The highest BCUT2D eigenvalue weighted by atomic mass is 32.2. The summed E-state index contributed by atoms with van der Waals surface area (Å²) in [6, 6.07) is 8.10. The Balaban J connectivity index is 1.49. The molecule has 11 heteroatoms. The Bertz CT molecular complexity index is 1330. The average molecular weight is 452 g/mol. The molecule has 2 aromatic heterocycles. The third-order valence-electron chi connectivity index (χ3n) is 4.44. The molecule has 0 unspecified atom stereocenters. The van der Waals surface area contributed by atoms with Crippen molar-refractivity contribution in [3.8, 4) is 11.4 Å². The van der Waals surface area contributed by atoms with Crippen LogP contribution in [-0.2, 0) is 16.4 Å². The van der Waals surface area contributed by atoms with E-state index in [1.807, 2.05) is 6.92 Å². The van der Waals surface area contributed by atoms with Crippen molar-refractivity contribution in [2.75, 3.05) is 6.54 Å². The lowest BCUT2D eigenvalue weighted by Gasteiger charge is -2.07. The second-order valence-electron chi connectivity index (χ2n) is 6.47. The average Bonchev–Trinajstić information content (AvgIpc) is 3.24.